The first kappa shape index (κ1) is 12.4. The average Bonchev–Trinajstić information content (AvgIpc) is 2.43. The van der Waals surface area contributed by atoms with Gasteiger partial charge in [0.15, 0.2) is 0 Å². The van der Waals surface area contributed by atoms with E-state index in [9.17, 15) is 0 Å². The lowest BCUT2D eigenvalue weighted by Gasteiger charge is -2.25. The van der Waals surface area contributed by atoms with E-state index in [-0.39, 0.29) is 5.92 Å². The summed E-state index contributed by atoms with van der Waals surface area (Å²) in [5.74, 6) is 2.17. The second-order valence-corrected chi connectivity index (χ2v) is 5.38. The maximum absolute atomic E-state index is 5.81. The van der Waals surface area contributed by atoms with E-state index >= 15 is 0 Å². The van der Waals surface area contributed by atoms with E-state index in [1.54, 1.807) is 0 Å². The lowest BCUT2D eigenvalue weighted by molar-refractivity contribution is 0.257. The van der Waals surface area contributed by atoms with Gasteiger partial charge in [0.2, 0.25) is 0 Å². The summed E-state index contributed by atoms with van der Waals surface area (Å²) in [7, 11) is 0. The summed E-state index contributed by atoms with van der Waals surface area (Å²) >= 11 is 5.30. The van der Waals surface area contributed by atoms with E-state index in [2.05, 4.69) is 16.0 Å². The second-order valence-electron chi connectivity index (χ2n) is 5.00. The van der Waals surface area contributed by atoms with Crippen molar-refractivity contribution in [1.29, 1.82) is 0 Å². The molecule has 1 aromatic heterocycles. The number of rotatable bonds is 1. The fraction of sp³-hybridized carbons (Fsp3) is 0.333. The molecule has 0 radical (unpaired) electrons. The van der Waals surface area contributed by atoms with E-state index in [4.69, 9.17) is 17.0 Å². The van der Waals surface area contributed by atoms with E-state index < -0.39 is 0 Å². The third-order valence-corrected chi connectivity index (χ3v) is 4.08. The minimum atomic E-state index is 0.246. The standard InChI is InChI=1S/C15H16N2OS/c1-9-10(2)16-14(17-15(9)19)12-7-11-5-3-4-6-13(11)18-8-12/h3-6,12H,7-8H2,1-2H3,(H,16,17,19). The molecule has 1 atom stereocenters. The zero-order valence-electron chi connectivity index (χ0n) is 11.1. The molecule has 2 heterocycles. The van der Waals surface area contributed by atoms with Crippen molar-refractivity contribution in [3.63, 3.8) is 0 Å². The van der Waals surface area contributed by atoms with Gasteiger partial charge in [-0.2, -0.15) is 0 Å². The van der Waals surface area contributed by atoms with Gasteiger partial charge in [0.1, 0.15) is 16.2 Å². The van der Waals surface area contributed by atoms with Crippen LogP contribution in [0.5, 0.6) is 5.75 Å². The van der Waals surface area contributed by atoms with E-state index in [0.717, 1.165) is 29.3 Å². The molecule has 0 saturated heterocycles. The third-order valence-electron chi connectivity index (χ3n) is 3.69. The van der Waals surface area contributed by atoms with Crippen molar-refractivity contribution in [2.75, 3.05) is 6.61 Å². The summed E-state index contributed by atoms with van der Waals surface area (Å²) in [5.41, 5.74) is 3.38. The Bertz CT molecular complexity index is 678. The molecule has 0 amide bonds. The Morgan fingerprint density at radius 3 is 2.89 bits per heavy atom. The Morgan fingerprint density at radius 2 is 2.11 bits per heavy atom. The molecular formula is C15H16N2OS. The summed E-state index contributed by atoms with van der Waals surface area (Å²) in [5, 5.41) is 0. The summed E-state index contributed by atoms with van der Waals surface area (Å²) < 4.78 is 6.49. The molecule has 1 aliphatic rings. The Balaban J connectivity index is 1.95. The first-order chi connectivity index (χ1) is 9.15. The van der Waals surface area contributed by atoms with Crippen molar-refractivity contribution < 1.29 is 4.74 Å². The molecule has 2 aromatic rings. The molecular weight excluding hydrogens is 256 g/mol. The molecule has 1 aromatic carbocycles. The number of hydrogen-bond acceptors (Lipinski definition) is 3. The van der Waals surface area contributed by atoms with Crippen molar-refractivity contribution in [3.8, 4) is 5.75 Å². The normalized spacial score (nSPS) is 17.7. The summed E-state index contributed by atoms with van der Waals surface area (Å²) in [6, 6.07) is 8.17. The van der Waals surface area contributed by atoms with Gasteiger partial charge in [-0.1, -0.05) is 30.4 Å². The number of nitrogens with one attached hydrogen (secondary N) is 1. The largest absolute Gasteiger partial charge is 0.493 e. The highest BCUT2D eigenvalue weighted by molar-refractivity contribution is 7.71. The summed E-state index contributed by atoms with van der Waals surface area (Å²) in [6.07, 6.45) is 0.941. The topological polar surface area (TPSA) is 37.9 Å². The van der Waals surface area contributed by atoms with Gasteiger partial charge >= 0.3 is 0 Å². The molecule has 1 unspecified atom stereocenters. The van der Waals surface area contributed by atoms with E-state index in [1.807, 2.05) is 32.0 Å². The monoisotopic (exact) mass is 272 g/mol. The predicted octanol–water partition coefficient (Wildman–Crippen LogP) is 3.47. The van der Waals surface area contributed by atoms with Crippen LogP contribution in [0.3, 0.4) is 0 Å². The quantitative estimate of drug-likeness (QED) is 0.808. The van der Waals surface area contributed by atoms with Crippen LogP contribution in [0.2, 0.25) is 0 Å². The third kappa shape index (κ3) is 2.28. The molecule has 4 heteroatoms. The average molecular weight is 272 g/mol. The number of fused-ring (bicyclic) bond motifs is 1. The molecule has 0 spiro atoms. The lowest BCUT2D eigenvalue weighted by atomic mass is 9.96. The van der Waals surface area contributed by atoms with Crippen LogP contribution in [-0.2, 0) is 6.42 Å². The fourth-order valence-electron chi connectivity index (χ4n) is 2.36. The number of aryl methyl sites for hydroxylation is 1. The SMILES string of the molecule is Cc1[nH]c(C2COc3ccccc3C2)nc(=S)c1C. The molecule has 0 fully saturated rings. The molecule has 0 aliphatic carbocycles. The van der Waals surface area contributed by atoms with Gasteiger partial charge in [0, 0.05) is 11.3 Å². The number of H-pyrrole nitrogens is 1. The Hall–Kier alpha value is -1.68. The van der Waals surface area contributed by atoms with Crippen molar-refractivity contribution in [2.45, 2.75) is 26.2 Å². The van der Waals surface area contributed by atoms with Crippen molar-refractivity contribution in [1.82, 2.24) is 9.97 Å². The van der Waals surface area contributed by atoms with Gasteiger partial charge in [0.25, 0.3) is 0 Å². The second kappa shape index (κ2) is 4.78. The highest BCUT2D eigenvalue weighted by Crippen LogP contribution is 2.30. The van der Waals surface area contributed by atoms with Gasteiger partial charge in [0.05, 0.1) is 12.5 Å². The minimum Gasteiger partial charge on any atom is -0.493 e. The lowest BCUT2D eigenvalue weighted by Crippen LogP contribution is -2.21. The molecule has 3 nitrogen and oxygen atoms in total. The van der Waals surface area contributed by atoms with Gasteiger partial charge in [-0.3, -0.25) is 0 Å². The molecule has 0 bridgehead atoms. The molecule has 3 rings (SSSR count). The van der Waals surface area contributed by atoms with Gasteiger partial charge < -0.3 is 9.72 Å². The number of aromatic nitrogens is 2. The number of nitrogens with zero attached hydrogens (tertiary/aromatic N) is 1. The van der Waals surface area contributed by atoms with Gasteiger partial charge in [-0.05, 0) is 31.9 Å². The summed E-state index contributed by atoms with van der Waals surface area (Å²) in [6.45, 7) is 4.68. The first-order valence-electron chi connectivity index (χ1n) is 6.43. The molecule has 1 aliphatic heterocycles. The highest BCUT2D eigenvalue weighted by Gasteiger charge is 2.23. The Kier molecular flexibility index (Phi) is 3.11. The van der Waals surface area contributed by atoms with Crippen LogP contribution >= 0.6 is 12.2 Å². The van der Waals surface area contributed by atoms with Gasteiger partial charge in [-0.25, -0.2) is 4.98 Å². The Labute approximate surface area is 117 Å². The van der Waals surface area contributed by atoms with Crippen LogP contribution in [0.4, 0.5) is 0 Å². The zero-order chi connectivity index (χ0) is 13.4. The van der Waals surface area contributed by atoms with Crippen molar-refractivity contribution in [3.05, 3.63) is 51.6 Å². The maximum atomic E-state index is 5.81. The van der Waals surface area contributed by atoms with Crippen LogP contribution in [0.15, 0.2) is 24.3 Å². The number of para-hydroxylation sites is 1. The van der Waals surface area contributed by atoms with Gasteiger partial charge in [-0.15, -0.1) is 0 Å². The van der Waals surface area contributed by atoms with Crippen molar-refractivity contribution in [2.24, 2.45) is 0 Å². The number of benzene rings is 1. The first-order valence-corrected chi connectivity index (χ1v) is 6.84. The predicted molar refractivity (Wildman–Crippen MR) is 77.3 cm³/mol. The minimum absolute atomic E-state index is 0.246. The van der Waals surface area contributed by atoms with E-state index in [1.165, 1.54) is 5.56 Å². The van der Waals surface area contributed by atoms with Crippen LogP contribution < -0.4 is 4.74 Å². The number of ether oxygens (including phenoxy) is 1. The molecule has 19 heavy (non-hydrogen) atoms. The van der Waals surface area contributed by atoms with Crippen molar-refractivity contribution >= 4 is 12.2 Å². The summed E-state index contributed by atoms with van der Waals surface area (Å²) in [4.78, 5) is 7.87. The smallest absolute Gasteiger partial charge is 0.132 e. The van der Waals surface area contributed by atoms with Crippen LogP contribution in [0.1, 0.15) is 28.6 Å². The maximum Gasteiger partial charge on any atom is 0.132 e. The highest BCUT2D eigenvalue weighted by atomic mass is 32.1. The fourth-order valence-corrected chi connectivity index (χ4v) is 2.62. The number of aromatic amines is 1. The zero-order valence-corrected chi connectivity index (χ0v) is 11.9. The van der Waals surface area contributed by atoms with Crippen LogP contribution in [0.25, 0.3) is 0 Å². The van der Waals surface area contributed by atoms with Crippen LogP contribution in [-0.4, -0.2) is 16.6 Å². The number of hydrogen-bond donors (Lipinski definition) is 1. The molecule has 98 valence electrons. The molecule has 0 saturated carbocycles. The molecule has 1 N–H and O–H groups in total. The van der Waals surface area contributed by atoms with Crippen LogP contribution in [0, 0.1) is 18.5 Å². The Morgan fingerprint density at radius 1 is 1.32 bits per heavy atom. The van der Waals surface area contributed by atoms with E-state index in [0.29, 0.717) is 11.2 Å².